The van der Waals surface area contributed by atoms with Crippen molar-refractivity contribution in [2.45, 2.75) is 0 Å². The number of rotatable bonds is 4. The third-order valence-electron chi connectivity index (χ3n) is 10.4. The average Bonchev–Trinajstić information content (AvgIpc) is 3.94. The highest BCUT2D eigenvalue weighted by Crippen LogP contribution is 2.39. The van der Waals surface area contributed by atoms with Gasteiger partial charge in [-0.2, -0.15) is 0 Å². The van der Waals surface area contributed by atoms with Crippen molar-refractivity contribution in [1.82, 2.24) is 18.3 Å². The third kappa shape index (κ3) is 3.87. The van der Waals surface area contributed by atoms with Gasteiger partial charge in [-0.3, -0.25) is 0 Å². The molecule has 7 aromatic carbocycles. The topological polar surface area (TPSA) is 19.7 Å². The molecule has 234 valence electrons. The Morgan fingerprint density at radius 1 is 0.260 bits per heavy atom. The summed E-state index contributed by atoms with van der Waals surface area (Å²) in [5, 5.41) is 7.43. The van der Waals surface area contributed by atoms with Crippen molar-refractivity contribution in [2.24, 2.45) is 0 Å². The van der Waals surface area contributed by atoms with Crippen molar-refractivity contribution in [1.29, 1.82) is 0 Å². The fourth-order valence-corrected chi connectivity index (χ4v) is 8.15. The molecular formula is C46H30N4. The van der Waals surface area contributed by atoms with Crippen molar-refractivity contribution < 1.29 is 0 Å². The van der Waals surface area contributed by atoms with Gasteiger partial charge >= 0.3 is 0 Å². The first-order chi connectivity index (χ1) is 24.8. The first kappa shape index (κ1) is 27.2. The van der Waals surface area contributed by atoms with E-state index in [0.29, 0.717) is 0 Å². The Hall–Kier alpha value is -6.78. The van der Waals surface area contributed by atoms with Gasteiger partial charge < -0.3 is 18.3 Å². The van der Waals surface area contributed by atoms with E-state index < -0.39 is 0 Å². The Morgan fingerprint density at radius 2 is 0.680 bits per heavy atom. The maximum absolute atomic E-state index is 2.43. The van der Waals surface area contributed by atoms with Gasteiger partial charge in [-0.15, -0.1) is 0 Å². The summed E-state index contributed by atoms with van der Waals surface area (Å²) in [6.45, 7) is 0. The van der Waals surface area contributed by atoms with E-state index in [2.05, 4.69) is 201 Å². The molecule has 0 fully saturated rings. The average molecular weight is 639 g/mol. The molecular weight excluding hydrogens is 609 g/mol. The van der Waals surface area contributed by atoms with E-state index in [1.165, 1.54) is 76.8 Å². The number of fused-ring (bicyclic) bond motifs is 8. The molecule has 0 unspecified atom stereocenters. The highest BCUT2D eigenvalue weighted by atomic mass is 15.0. The number of benzene rings is 7. The van der Waals surface area contributed by atoms with Crippen LogP contribution in [0.25, 0.3) is 88.2 Å². The molecule has 0 atom stereocenters. The first-order valence-electron chi connectivity index (χ1n) is 17.1. The summed E-state index contributed by atoms with van der Waals surface area (Å²) in [6.07, 6.45) is 4.36. The zero-order valence-corrected chi connectivity index (χ0v) is 27.1. The van der Waals surface area contributed by atoms with Crippen LogP contribution in [-0.2, 0) is 0 Å². The second-order valence-corrected chi connectivity index (χ2v) is 13.1. The third-order valence-corrected chi connectivity index (χ3v) is 10.4. The van der Waals surface area contributed by atoms with E-state index in [0.717, 1.165) is 11.4 Å². The van der Waals surface area contributed by atoms with E-state index in [4.69, 9.17) is 0 Å². The molecule has 4 aromatic heterocycles. The molecule has 0 bridgehead atoms. The lowest BCUT2D eigenvalue weighted by Crippen LogP contribution is -1.98. The van der Waals surface area contributed by atoms with E-state index in [1.54, 1.807) is 0 Å². The maximum atomic E-state index is 2.43. The summed E-state index contributed by atoms with van der Waals surface area (Å²) >= 11 is 0. The van der Waals surface area contributed by atoms with E-state index >= 15 is 0 Å². The number of hydrogen-bond acceptors (Lipinski definition) is 0. The fraction of sp³-hybridized carbons (Fsp3) is 0. The molecule has 0 radical (unpaired) electrons. The van der Waals surface area contributed by atoms with Gasteiger partial charge in [0, 0.05) is 67.5 Å². The molecule has 4 heterocycles. The lowest BCUT2D eigenvalue weighted by Gasteiger charge is -2.13. The summed E-state index contributed by atoms with van der Waals surface area (Å²) in [7, 11) is 0. The number of para-hydroxylation sites is 4. The van der Waals surface area contributed by atoms with Crippen molar-refractivity contribution >= 4 is 65.4 Å². The zero-order chi connectivity index (χ0) is 32.8. The van der Waals surface area contributed by atoms with Crippen LogP contribution < -0.4 is 0 Å². The molecule has 0 aliphatic carbocycles. The number of nitrogens with zero attached hydrogens (tertiary/aromatic N) is 4. The van der Waals surface area contributed by atoms with Gasteiger partial charge in [0.05, 0.1) is 33.1 Å². The molecule has 4 heteroatoms. The van der Waals surface area contributed by atoms with Crippen molar-refractivity contribution in [3.8, 4) is 22.7 Å². The van der Waals surface area contributed by atoms with E-state index in [9.17, 15) is 0 Å². The Kier molecular flexibility index (Phi) is 5.63. The van der Waals surface area contributed by atoms with Crippen molar-refractivity contribution in [3.63, 3.8) is 0 Å². The standard InChI is InChI=1S/C46H30N4/c1-3-12-33(13-4-1)47-24-22-31-26-45-39(29-43(31)47)37-18-7-9-20-41(37)49(45)35-16-11-17-36(28-35)50-42-21-10-8-19-38(42)40-30-44-32(27-46(40)50)23-25-48(44)34-14-5-2-6-15-34/h1-30H. The summed E-state index contributed by atoms with van der Waals surface area (Å²) in [4.78, 5) is 0. The van der Waals surface area contributed by atoms with Crippen LogP contribution in [0.5, 0.6) is 0 Å². The monoisotopic (exact) mass is 638 g/mol. The van der Waals surface area contributed by atoms with Gasteiger partial charge in [0.1, 0.15) is 0 Å². The van der Waals surface area contributed by atoms with Gasteiger partial charge in [-0.05, 0) is 91.0 Å². The van der Waals surface area contributed by atoms with Gasteiger partial charge in [0.2, 0.25) is 0 Å². The summed E-state index contributed by atoms with van der Waals surface area (Å²) < 4.78 is 9.43. The summed E-state index contributed by atoms with van der Waals surface area (Å²) in [6, 6.07) is 61.6. The summed E-state index contributed by atoms with van der Waals surface area (Å²) in [5.41, 5.74) is 11.8. The van der Waals surface area contributed by atoms with E-state index in [1.807, 2.05) is 0 Å². The molecule has 11 rings (SSSR count). The molecule has 0 saturated heterocycles. The molecule has 0 saturated carbocycles. The van der Waals surface area contributed by atoms with Crippen molar-refractivity contribution in [2.75, 3.05) is 0 Å². The number of aromatic nitrogens is 4. The molecule has 0 amide bonds. The van der Waals surface area contributed by atoms with Crippen LogP contribution in [0.2, 0.25) is 0 Å². The van der Waals surface area contributed by atoms with Crippen LogP contribution in [0.4, 0.5) is 0 Å². The minimum atomic E-state index is 1.14. The quantitative estimate of drug-likeness (QED) is 0.183. The predicted octanol–water partition coefficient (Wildman–Crippen LogP) is 11.8. The highest BCUT2D eigenvalue weighted by Gasteiger charge is 2.18. The van der Waals surface area contributed by atoms with Crippen LogP contribution in [0.3, 0.4) is 0 Å². The molecule has 0 N–H and O–H groups in total. The molecule has 11 aromatic rings. The van der Waals surface area contributed by atoms with Crippen LogP contribution in [0, 0.1) is 0 Å². The molecule has 50 heavy (non-hydrogen) atoms. The Balaban J connectivity index is 1.14. The second kappa shape index (κ2) is 10.4. The minimum Gasteiger partial charge on any atom is -0.317 e. The first-order valence-corrected chi connectivity index (χ1v) is 17.1. The van der Waals surface area contributed by atoms with Crippen LogP contribution in [0.15, 0.2) is 182 Å². The Labute approximate surface area is 287 Å². The van der Waals surface area contributed by atoms with E-state index in [-0.39, 0.29) is 0 Å². The molecule has 0 aliphatic heterocycles. The summed E-state index contributed by atoms with van der Waals surface area (Å²) in [5.74, 6) is 0. The van der Waals surface area contributed by atoms with Crippen LogP contribution >= 0.6 is 0 Å². The van der Waals surface area contributed by atoms with Crippen molar-refractivity contribution in [3.05, 3.63) is 182 Å². The van der Waals surface area contributed by atoms with Crippen LogP contribution in [0.1, 0.15) is 0 Å². The van der Waals surface area contributed by atoms with Gasteiger partial charge in [-0.1, -0.05) is 78.9 Å². The zero-order valence-electron chi connectivity index (χ0n) is 27.1. The Bertz CT molecular complexity index is 2870. The highest BCUT2D eigenvalue weighted by molar-refractivity contribution is 6.15. The lowest BCUT2D eigenvalue weighted by atomic mass is 10.1. The minimum absolute atomic E-state index is 1.14. The SMILES string of the molecule is c1ccc(-n2ccc3cc4c(cc32)c2ccccc2n4-c2cccc(-n3c4ccccc4c4cc5c(ccn5-c5ccccc5)cc43)c2)cc1. The normalized spacial score (nSPS) is 12.0. The van der Waals surface area contributed by atoms with Crippen LogP contribution in [-0.4, -0.2) is 18.3 Å². The maximum Gasteiger partial charge on any atom is 0.0548 e. The van der Waals surface area contributed by atoms with Gasteiger partial charge in [-0.25, -0.2) is 0 Å². The predicted molar refractivity (Wildman–Crippen MR) is 209 cm³/mol. The van der Waals surface area contributed by atoms with Gasteiger partial charge in [0.15, 0.2) is 0 Å². The van der Waals surface area contributed by atoms with Gasteiger partial charge in [0.25, 0.3) is 0 Å². The lowest BCUT2D eigenvalue weighted by molar-refractivity contribution is 1.13. The fourth-order valence-electron chi connectivity index (χ4n) is 8.15. The molecule has 4 nitrogen and oxygen atoms in total. The second-order valence-electron chi connectivity index (χ2n) is 13.1. The largest absolute Gasteiger partial charge is 0.317 e. The smallest absolute Gasteiger partial charge is 0.0548 e. The molecule has 0 spiro atoms. The number of hydrogen-bond donors (Lipinski definition) is 0. The molecule has 0 aliphatic rings. The Morgan fingerprint density at radius 3 is 1.16 bits per heavy atom.